The largest absolute Gasteiger partial charge is 0.445 e. The number of alkyl carbamates (subject to hydrolysis) is 1. The lowest BCUT2D eigenvalue weighted by Gasteiger charge is -2.16. The number of rotatable bonds is 8. The Morgan fingerprint density at radius 2 is 1.61 bits per heavy atom. The van der Waals surface area contributed by atoms with Gasteiger partial charge in [-0.15, -0.1) is 0 Å². The molecule has 0 aliphatic rings. The number of amides is 1. The van der Waals surface area contributed by atoms with Crippen LogP contribution in [0.1, 0.15) is 35.6 Å². The average molecular weight is 486 g/mol. The molecular weight excluding hydrogens is 458 g/mol. The lowest BCUT2D eigenvalue weighted by Crippen LogP contribution is -2.42. The van der Waals surface area contributed by atoms with Gasteiger partial charge in [0.25, 0.3) is 0 Å². The van der Waals surface area contributed by atoms with Crippen LogP contribution in [0.5, 0.6) is 5.75 Å². The van der Waals surface area contributed by atoms with Crippen molar-refractivity contribution in [1.29, 1.82) is 0 Å². The normalized spacial score (nSPS) is 11.6. The van der Waals surface area contributed by atoms with Gasteiger partial charge in [0.05, 0.1) is 0 Å². The van der Waals surface area contributed by atoms with Crippen molar-refractivity contribution in [3.05, 3.63) is 112 Å². The minimum atomic E-state index is -0.897. The zero-order chi connectivity index (χ0) is 25.5. The van der Waals surface area contributed by atoms with Crippen LogP contribution < -0.4 is 15.7 Å². The molecule has 0 radical (unpaired) electrons. The van der Waals surface area contributed by atoms with Gasteiger partial charge in [-0.05, 0) is 42.2 Å². The fourth-order valence-corrected chi connectivity index (χ4v) is 3.86. The van der Waals surface area contributed by atoms with Crippen LogP contribution in [0.2, 0.25) is 0 Å². The van der Waals surface area contributed by atoms with Crippen molar-refractivity contribution in [1.82, 2.24) is 5.32 Å². The van der Waals surface area contributed by atoms with Gasteiger partial charge in [0.15, 0.2) is 0 Å². The third-order valence-corrected chi connectivity index (χ3v) is 5.90. The topological polar surface area (TPSA) is 94.8 Å². The highest BCUT2D eigenvalue weighted by Gasteiger charge is 2.22. The van der Waals surface area contributed by atoms with Crippen LogP contribution in [-0.4, -0.2) is 18.1 Å². The summed E-state index contributed by atoms with van der Waals surface area (Å²) >= 11 is 0. The second-order valence-corrected chi connectivity index (χ2v) is 8.40. The van der Waals surface area contributed by atoms with Gasteiger partial charge in [-0.25, -0.2) is 14.4 Å². The first-order chi connectivity index (χ1) is 17.4. The summed E-state index contributed by atoms with van der Waals surface area (Å²) in [7, 11) is 0. The maximum absolute atomic E-state index is 12.7. The van der Waals surface area contributed by atoms with Gasteiger partial charge < -0.3 is 19.2 Å². The second-order valence-electron chi connectivity index (χ2n) is 8.40. The predicted molar refractivity (Wildman–Crippen MR) is 136 cm³/mol. The Hall–Kier alpha value is -4.39. The van der Waals surface area contributed by atoms with E-state index < -0.39 is 23.7 Å². The number of benzene rings is 3. The number of ether oxygens (including phenoxy) is 2. The molecule has 0 fully saturated rings. The quantitative estimate of drug-likeness (QED) is 0.207. The Balaban J connectivity index is 1.44. The zero-order valence-corrected chi connectivity index (χ0v) is 20.2. The SMILES string of the molecule is CC[C@H](NC(=O)OCc1ccccc1)C(=O)Oc1ccc2c(C)c(Cc3ccccc3)c(=O)oc2c1. The minimum absolute atomic E-state index is 0.0907. The van der Waals surface area contributed by atoms with Crippen LogP contribution in [-0.2, 0) is 22.6 Å². The lowest BCUT2D eigenvalue weighted by atomic mass is 10.00. The average Bonchev–Trinajstić information content (AvgIpc) is 2.89. The molecule has 0 aliphatic heterocycles. The van der Waals surface area contributed by atoms with E-state index in [0.717, 1.165) is 22.1 Å². The maximum atomic E-state index is 12.7. The number of nitrogens with one attached hydrogen (secondary N) is 1. The standard InChI is InChI=1S/C29H27NO6/c1-3-25(30-29(33)34-18-21-12-8-5-9-13-21)28(32)35-22-14-15-23-19(2)24(27(31)36-26(23)17-22)16-20-10-6-4-7-11-20/h4-15,17,25H,3,16,18H2,1-2H3,(H,30,33)/t25-/m0/s1. The summed E-state index contributed by atoms with van der Waals surface area (Å²) in [5.74, 6) is -0.433. The molecule has 1 amide bonds. The molecule has 7 nitrogen and oxygen atoms in total. The summed E-state index contributed by atoms with van der Waals surface area (Å²) in [5.41, 5.74) is 3.14. The lowest BCUT2D eigenvalue weighted by molar-refractivity contribution is -0.136. The van der Waals surface area contributed by atoms with E-state index in [-0.39, 0.29) is 12.4 Å². The molecule has 1 heterocycles. The van der Waals surface area contributed by atoms with Crippen molar-refractivity contribution >= 4 is 23.0 Å². The number of esters is 1. The number of carbonyl (C=O) groups excluding carboxylic acids is 2. The van der Waals surface area contributed by atoms with E-state index in [0.29, 0.717) is 24.0 Å². The summed E-state index contributed by atoms with van der Waals surface area (Å²) in [6.45, 7) is 3.72. The third-order valence-electron chi connectivity index (χ3n) is 5.90. The molecule has 0 bridgehead atoms. The van der Waals surface area contributed by atoms with Gasteiger partial charge in [-0.3, -0.25) is 0 Å². The van der Waals surface area contributed by atoms with Crippen molar-refractivity contribution in [3.63, 3.8) is 0 Å². The number of hydrogen-bond acceptors (Lipinski definition) is 6. The first-order valence-corrected chi connectivity index (χ1v) is 11.7. The van der Waals surface area contributed by atoms with E-state index in [1.54, 1.807) is 19.1 Å². The number of hydrogen-bond donors (Lipinski definition) is 1. The molecule has 4 rings (SSSR count). The van der Waals surface area contributed by atoms with Gasteiger partial charge in [0.1, 0.15) is 24.0 Å². The highest BCUT2D eigenvalue weighted by Crippen LogP contribution is 2.25. The summed E-state index contributed by atoms with van der Waals surface area (Å²) in [6.07, 6.45) is 0.0595. The highest BCUT2D eigenvalue weighted by molar-refractivity contribution is 5.85. The van der Waals surface area contributed by atoms with Gasteiger partial charge in [-0.2, -0.15) is 0 Å². The van der Waals surface area contributed by atoms with Crippen molar-refractivity contribution in [3.8, 4) is 5.75 Å². The molecular formula is C29H27NO6. The molecule has 3 aromatic carbocycles. The van der Waals surface area contributed by atoms with E-state index >= 15 is 0 Å². The van der Waals surface area contributed by atoms with Crippen LogP contribution in [0.3, 0.4) is 0 Å². The van der Waals surface area contributed by atoms with Crippen LogP contribution in [0.4, 0.5) is 4.79 Å². The second kappa shape index (κ2) is 11.4. The monoisotopic (exact) mass is 485 g/mol. The van der Waals surface area contributed by atoms with Gasteiger partial charge >= 0.3 is 17.7 Å². The highest BCUT2D eigenvalue weighted by atomic mass is 16.6. The fourth-order valence-electron chi connectivity index (χ4n) is 3.86. The molecule has 4 aromatic rings. The summed E-state index contributed by atoms with van der Waals surface area (Å²) in [5, 5.41) is 3.29. The molecule has 0 saturated heterocycles. The van der Waals surface area contributed by atoms with E-state index in [2.05, 4.69) is 5.32 Å². The van der Waals surface area contributed by atoms with Gasteiger partial charge in [-0.1, -0.05) is 67.6 Å². The van der Waals surface area contributed by atoms with Crippen LogP contribution in [0, 0.1) is 6.92 Å². The van der Waals surface area contributed by atoms with Crippen molar-refractivity contribution in [2.75, 3.05) is 0 Å². The predicted octanol–water partition coefficient (Wildman–Crippen LogP) is 5.30. The Labute approximate surface area is 208 Å². The Morgan fingerprint density at radius 3 is 2.28 bits per heavy atom. The smallest absolute Gasteiger partial charge is 0.408 e. The third kappa shape index (κ3) is 5.99. The Morgan fingerprint density at radius 1 is 0.944 bits per heavy atom. The molecule has 0 aliphatic carbocycles. The van der Waals surface area contributed by atoms with Gasteiger partial charge in [0.2, 0.25) is 0 Å². The van der Waals surface area contributed by atoms with E-state index in [9.17, 15) is 14.4 Å². The fraction of sp³-hybridized carbons (Fsp3) is 0.207. The summed E-state index contributed by atoms with van der Waals surface area (Å²) < 4.78 is 16.2. The molecule has 36 heavy (non-hydrogen) atoms. The first kappa shape index (κ1) is 24.7. The first-order valence-electron chi connectivity index (χ1n) is 11.7. The maximum Gasteiger partial charge on any atom is 0.408 e. The van der Waals surface area contributed by atoms with Crippen LogP contribution in [0.25, 0.3) is 11.0 Å². The zero-order valence-electron chi connectivity index (χ0n) is 20.2. The molecule has 7 heteroatoms. The Kier molecular flexibility index (Phi) is 7.80. The molecule has 0 unspecified atom stereocenters. The number of carbonyl (C=O) groups is 2. The van der Waals surface area contributed by atoms with Crippen molar-refractivity contribution in [2.45, 2.75) is 39.3 Å². The van der Waals surface area contributed by atoms with Gasteiger partial charge in [0, 0.05) is 23.4 Å². The molecule has 1 atom stereocenters. The Bertz CT molecular complexity index is 1410. The van der Waals surface area contributed by atoms with Crippen molar-refractivity contribution < 1.29 is 23.5 Å². The molecule has 1 N–H and O–H groups in total. The number of aryl methyl sites for hydroxylation is 1. The summed E-state index contributed by atoms with van der Waals surface area (Å²) in [6, 6.07) is 22.9. The molecule has 1 aromatic heterocycles. The van der Waals surface area contributed by atoms with E-state index in [1.165, 1.54) is 6.07 Å². The molecule has 184 valence electrons. The number of fused-ring (bicyclic) bond motifs is 1. The van der Waals surface area contributed by atoms with Crippen LogP contribution in [0.15, 0.2) is 88.1 Å². The summed E-state index contributed by atoms with van der Waals surface area (Å²) in [4.78, 5) is 37.6. The molecule has 0 spiro atoms. The van der Waals surface area contributed by atoms with E-state index in [1.807, 2.05) is 67.6 Å². The molecule has 0 saturated carbocycles. The van der Waals surface area contributed by atoms with Crippen LogP contribution >= 0.6 is 0 Å². The van der Waals surface area contributed by atoms with E-state index in [4.69, 9.17) is 13.9 Å². The van der Waals surface area contributed by atoms with Crippen molar-refractivity contribution in [2.24, 2.45) is 0 Å². The minimum Gasteiger partial charge on any atom is -0.445 e.